The van der Waals surface area contributed by atoms with E-state index in [4.69, 9.17) is 11.5 Å². The van der Waals surface area contributed by atoms with Crippen LogP contribution >= 0.6 is 0 Å². The molecule has 0 bridgehead atoms. The Bertz CT molecular complexity index is 1620. The molecule has 13 heteroatoms. The molecule has 0 aromatic heterocycles. The highest BCUT2D eigenvalue weighted by molar-refractivity contribution is 6.24. The van der Waals surface area contributed by atoms with Crippen LogP contribution in [0.15, 0.2) is 84.9 Å². The molecule has 4 rings (SSSR count). The maximum Gasteiger partial charge on any atom is 0.360 e. The summed E-state index contributed by atoms with van der Waals surface area (Å²) in [6.45, 7) is 2.27. The molecule has 3 aromatic rings. The highest BCUT2D eigenvalue weighted by atomic mass is 16.4. The van der Waals surface area contributed by atoms with Crippen LogP contribution in [0.2, 0.25) is 0 Å². The van der Waals surface area contributed by atoms with Gasteiger partial charge < -0.3 is 26.6 Å². The zero-order valence-electron chi connectivity index (χ0n) is 24.6. The minimum absolute atomic E-state index is 0.178. The molecule has 1 fully saturated rings. The molecule has 13 nitrogen and oxygen atoms in total. The Labute approximate surface area is 258 Å². The van der Waals surface area contributed by atoms with E-state index in [0.29, 0.717) is 16.0 Å². The van der Waals surface area contributed by atoms with Gasteiger partial charge in [-0.1, -0.05) is 72.8 Å². The number of nitrogens with zero attached hydrogens (tertiary/aromatic N) is 3. The predicted molar refractivity (Wildman–Crippen MR) is 161 cm³/mol. The zero-order chi connectivity index (χ0) is 33.1. The van der Waals surface area contributed by atoms with Crippen LogP contribution < -0.4 is 16.4 Å². The number of carbonyl (C=O) groups excluding carboxylic acids is 4. The normalized spacial score (nSPS) is 18.3. The van der Waals surface area contributed by atoms with Gasteiger partial charge in [-0.15, -0.1) is 0 Å². The van der Waals surface area contributed by atoms with Gasteiger partial charge in [0.1, 0.15) is 5.54 Å². The third kappa shape index (κ3) is 5.54. The summed E-state index contributed by atoms with van der Waals surface area (Å²) in [4.78, 5) is 83.7. The lowest BCUT2D eigenvalue weighted by Gasteiger charge is -2.43. The number of carboxylic acids is 2. The molecular weight excluding hydrogens is 582 g/mol. The van der Waals surface area contributed by atoms with Crippen molar-refractivity contribution in [1.82, 2.24) is 9.80 Å². The molecule has 1 aliphatic rings. The van der Waals surface area contributed by atoms with Crippen molar-refractivity contribution in [2.45, 2.75) is 50.6 Å². The first-order valence-electron chi connectivity index (χ1n) is 13.9. The summed E-state index contributed by atoms with van der Waals surface area (Å²) in [6.07, 6.45) is -0.928. The number of ketones is 1. The van der Waals surface area contributed by atoms with E-state index in [1.54, 1.807) is 60.7 Å². The van der Waals surface area contributed by atoms with Crippen LogP contribution in [0, 0.1) is 0 Å². The van der Waals surface area contributed by atoms with Gasteiger partial charge in [-0.3, -0.25) is 24.1 Å². The lowest BCUT2D eigenvalue weighted by Crippen LogP contribution is -2.74. The quantitative estimate of drug-likeness (QED) is 0.172. The molecule has 0 spiro atoms. The molecule has 1 heterocycles. The fourth-order valence-electron chi connectivity index (χ4n) is 5.50. The third-order valence-electron chi connectivity index (χ3n) is 7.90. The van der Waals surface area contributed by atoms with Crippen LogP contribution in [-0.2, 0) is 42.6 Å². The van der Waals surface area contributed by atoms with E-state index in [2.05, 4.69) is 0 Å². The first-order chi connectivity index (χ1) is 21.3. The summed E-state index contributed by atoms with van der Waals surface area (Å²) in [5, 5.41) is 20.2. The van der Waals surface area contributed by atoms with E-state index >= 15 is 0 Å². The average molecular weight is 616 g/mol. The van der Waals surface area contributed by atoms with Crippen LogP contribution in [0.1, 0.15) is 37.0 Å². The second-order valence-corrected chi connectivity index (χ2v) is 10.7. The van der Waals surface area contributed by atoms with Gasteiger partial charge in [-0.25, -0.2) is 14.5 Å². The maximum atomic E-state index is 14.7. The molecule has 3 atom stereocenters. The van der Waals surface area contributed by atoms with Gasteiger partial charge in [0.2, 0.25) is 5.91 Å². The van der Waals surface area contributed by atoms with Crippen LogP contribution in [0.5, 0.6) is 0 Å². The number of amides is 4. The van der Waals surface area contributed by atoms with Gasteiger partial charge in [-0.05, 0) is 42.7 Å². The summed E-state index contributed by atoms with van der Waals surface area (Å²) in [7, 11) is 0. The molecule has 1 aliphatic heterocycles. The van der Waals surface area contributed by atoms with Gasteiger partial charge in [-0.2, -0.15) is 0 Å². The van der Waals surface area contributed by atoms with E-state index < -0.39 is 59.2 Å². The zero-order valence-corrected chi connectivity index (χ0v) is 24.6. The molecular formula is C32H33N5O8. The molecule has 234 valence electrons. The SMILES string of the molecule is CC(=O)[C@@](C(=O)O)(N1C(=O)N(Cc2ccccc2)[C@](C)(c2ccc(CN)cc2)C1=O)N(C(=O)[C@@H](N)CC(=O)O)c1ccccc1. The molecule has 0 unspecified atom stereocenters. The Morgan fingerprint density at radius 2 is 1.44 bits per heavy atom. The summed E-state index contributed by atoms with van der Waals surface area (Å²) in [5.41, 5.74) is 7.92. The number of imide groups is 1. The van der Waals surface area contributed by atoms with Crippen molar-refractivity contribution in [1.29, 1.82) is 0 Å². The molecule has 45 heavy (non-hydrogen) atoms. The molecule has 1 saturated heterocycles. The van der Waals surface area contributed by atoms with Gasteiger partial charge in [0, 0.05) is 18.8 Å². The highest BCUT2D eigenvalue weighted by Crippen LogP contribution is 2.44. The van der Waals surface area contributed by atoms with Gasteiger partial charge in [0.15, 0.2) is 5.78 Å². The van der Waals surface area contributed by atoms with E-state index in [1.807, 2.05) is 0 Å². The maximum absolute atomic E-state index is 14.7. The van der Waals surface area contributed by atoms with Crippen molar-refractivity contribution in [2.24, 2.45) is 11.5 Å². The fourth-order valence-corrected chi connectivity index (χ4v) is 5.50. The number of benzene rings is 3. The Morgan fingerprint density at radius 3 is 1.93 bits per heavy atom. The molecule has 0 aliphatic carbocycles. The number of rotatable bonds is 12. The molecule has 6 N–H and O–H groups in total. The summed E-state index contributed by atoms with van der Waals surface area (Å²) >= 11 is 0. The van der Waals surface area contributed by atoms with E-state index in [-0.39, 0.29) is 23.7 Å². The number of aliphatic carboxylic acids is 2. The second kappa shape index (κ2) is 12.7. The van der Waals surface area contributed by atoms with Crippen molar-refractivity contribution in [3.05, 3.63) is 102 Å². The van der Waals surface area contributed by atoms with E-state index in [0.717, 1.165) is 17.4 Å². The summed E-state index contributed by atoms with van der Waals surface area (Å²) in [6, 6.07) is 19.0. The Morgan fingerprint density at radius 1 is 0.889 bits per heavy atom. The van der Waals surface area contributed by atoms with Crippen LogP contribution in [0.3, 0.4) is 0 Å². The van der Waals surface area contributed by atoms with Gasteiger partial charge in [0.25, 0.3) is 11.6 Å². The average Bonchev–Trinajstić information content (AvgIpc) is 3.20. The topological polar surface area (TPSA) is 205 Å². The standard InChI is InChI=1S/C32H33N5O8/c1-20(38)32(29(43)44,36(24-11-7-4-8-12-24)27(41)25(34)17-26(39)40)37-28(42)31(2,23-15-13-21(18-33)14-16-23)35(30(37)45)19-22-9-5-3-6-10-22/h3-16,25H,17-19,33-34H2,1-2H3,(H,39,40)(H,43,44)/t25-,31+,32-/m0/s1. The number of nitrogens with two attached hydrogens (primary N) is 2. The number of carboxylic acid groups (broad SMARTS) is 2. The highest BCUT2D eigenvalue weighted by Gasteiger charge is 2.69. The first-order valence-corrected chi connectivity index (χ1v) is 13.9. The fraction of sp³-hybridized carbons (Fsp3) is 0.250. The monoisotopic (exact) mass is 615 g/mol. The van der Waals surface area contributed by atoms with Crippen LogP contribution in [0.25, 0.3) is 0 Å². The number of anilines is 1. The van der Waals surface area contributed by atoms with Crippen molar-refractivity contribution in [2.75, 3.05) is 4.90 Å². The second-order valence-electron chi connectivity index (χ2n) is 10.7. The van der Waals surface area contributed by atoms with Crippen molar-refractivity contribution in [3.8, 4) is 0 Å². The van der Waals surface area contributed by atoms with Gasteiger partial charge in [0.05, 0.1) is 12.5 Å². The number of carbonyl (C=O) groups is 6. The summed E-state index contributed by atoms with van der Waals surface area (Å²) < 4.78 is 0. The number of hydrogen-bond acceptors (Lipinski definition) is 8. The number of para-hydroxylation sites is 1. The van der Waals surface area contributed by atoms with Crippen molar-refractivity contribution >= 4 is 41.3 Å². The molecule has 4 amide bonds. The van der Waals surface area contributed by atoms with E-state index in [1.165, 1.54) is 31.2 Å². The smallest absolute Gasteiger partial charge is 0.360 e. The lowest BCUT2D eigenvalue weighted by atomic mass is 9.88. The van der Waals surface area contributed by atoms with Crippen molar-refractivity contribution < 1.29 is 39.0 Å². The molecule has 0 radical (unpaired) electrons. The Balaban J connectivity index is 2.02. The van der Waals surface area contributed by atoms with E-state index in [9.17, 15) is 39.0 Å². The van der Waals surface area contributed by atoms with Crippen molar-refractivity contribution in [3.63, 3.8) is 0 Å². The summed E-state index contributed by atoms with van der Waals surface area (Å²) in [5.74, 6) is -7.19. The number of hydrogen-bond donors (Lipinski definition) is 4. The minimum atomic E-state index is -3.30. The third-order valence-corrected chi connectivity index (χ3v) is 7.90. The Hall–Kier alpha value is -5.40. The number of urea groups is 1. The minimum Gasteiger partial charge on any atom is -0.481 e. The largest absolute Gasteiger partial charge is 0.481 e. The predicted octanol–water partition coefficient (Wildman–Crippen LogP) is 2.03. The number of Topliss-reactive ketones (excluding diaryl/α,β-unsaturated/α-hetero) is 1. The Kier molecular flexibility index (Phi) is 9.16. The first kappa shape index (κ1) is 32.5. The molecule has 3 aromatic carbocycles. The van der Waals surface area contributed by atoms with Gasteiger partial charge >= 0.3 is 18.0 Å². The lowest BCUT2D eigenvalue weighted by molar-refractivity contribution is -0.162. The molecule has 0 saturated carbocycles. The van der Waals surface area contributed by atoms with Crippen LogP contribution in [0.4, 0.5) is 10.5 Å². The van der Waals surface area contributed by atoms with Crippen LogP contribution in [-0.4, -0.2) is 67.3 Å².